The molecule has 0 aliphatic heterocycles. The Morgan fingerprint density at radius 3 is 2.67 bits per heavy atom. The lowest BCUT2D eigenvalue weighted by Gasteiger charge is -2.21. The molecular formula is C12H16N2O4. The number of carbonyl (C=O) groups excluding carboxylic acids is 1. The summed E-state index contributed by atoms with van der Waals surface area (Å²) in [4.78, 5) is 26.5. The van der Waals surface area contributed by atoms with Gasteiger partial charge in [-0.3, -0.25) is 9.78 Å². The Bertz CT molecular complexity index is 457. The standard InChI is InChI=1S/C12H16N2O4/c1-12(2,7-15)6-14-10(16)9-8(11(17)18)4-3-5-13-9/h3-5,15H,6-7H2,1-2H3,(H,14,16)(H,17,18). The maximum absolute atomic E-state index is 11.8. The molecular weight excluding hydrogens is 236 g/mol. The van der Waals surface area contributed by atoms with Crippen molar-refractivity contribution >= 4 is 11.9 Å². The van der Waals surface area contributed by atoms with Crippen LogP contribution in [0.2, 0.25) is 0 Å². The van der Waals surface area contributed by atoms with Crippen molar-refractivity contribution in [2.45, 2.75) is 13.8 Å². The van der Waals surface area contributed by atoms with Crippen molar-refractivity contribution in [1.82, 2.24) is 10.3 Å². The van der Waals surface area contributed by atoms with Gasteiger partial charge >= 0.3 is 5.97 Å². The smallest absolute Gasteiger partial charge is 0.338 e. The first-order valence-corrected chi connectivity index (χ1v) is 5.45. The van der Waals surface area contributed by atoms with Crippen LogP contribution in [-0.2, 0) is 0 Å². The third-order valence-corrected chi connectivity index (χ3v) is 2.41. The molecule has 98 valence electrons. The molecule has 1 aromatic heterocycles. The van der Waals surface area contributed by atoms with E-state index in [1.54, 1.807) is 13.8 Å². The Morgan fingerprint density at radius 2 is 2.11 bits per heavy atom. The number of carboxylic acid groups (broad SMARTS) is 1. The summed E-state index contributed by atoms with van der Waals surface area (Å²) in [7, 11) is 0. The van der Waals surface area contributed by atoms with Crippen LogP contribution in [0.5, 0.6) is 0 Å². The molecule has 0 aliphatic carbocycles. The SMILES string of the molecule is CC(C)(CO)CNC(=O)c1ncccc1C(=O)O. The summed E-state index contributed by atoms with van der Waals surface area (Å²) >= 11 is 0. The van der Waals surface area contributed by atoms with E-state index in [4.69, 9.17) is 10.2 Å². The number of rotatable bonds is 5. The predicted molar refractivity (Wildman–Crippen MR) is 64.4 cm³/mol. The second kappa shape index (κ2) is 5.59. The van der Waals surface area contributed by atoms with Crippen molar-refractivity contribution in [2.24, 2.45) is 5.41 Å². The van der Waals surface area contributed by atoms with Crippen molar-refractivity contribution in [2.75, 3.05) is 13.2 Å². The number of hydrogen-bond donors (Lipinski definition) is 3. The van der Waals surface area contributed by atoms with Gasteiger partial charge in [0.25, 0.3) is 5.91 Å². The fourth-order valence-electron chi connectivity index (χ4n) is 1.22. The molecule has 0 unspecified atom stereocenters. The average Bonchev–Trinajstić information content (AvgIpc) is 2.36. The Kier molecular flexibility index (Phi) is 4.38. The van der Waals surface area contributed by atoms with Crippen LogP contribution in [0.25, 0.3) is 0 Å². The van der Waals surface area contributed by atoms with E-state index in [1.165, 1.54) is 18.3 Å². The highest BCUT2D eigenvalue weighted by Crippen LogP contribution is 2.12. The molecule has 18 heavy (non-hydrogen) atoms. The number of hydrogen-bond acceptors (Lipinski definition) is 4. The van der Waals surface area contributed by atoms with E-state index in [0.717, 1.165) is 0 Å². The fourth-order valence-corrected chi connectivity index (χ4v) is 1.22. The lowest BCUT2D eigenvalue weighted by molar-refractivity contribution is 0.0689. The third kappa shape index (κ3) is 3.53. The van der Waals surface area contributed by atoms with Crippen LogP contribution >= 0.6 is 0 Å². The highest BCUT2D eigenvalue weighted by atomic mass is 16.4. The highest BCUT2D eigenvalue weighted by molar-refractivity contribution is 6.03. The van der Waals surface area contributed by atoms with Crippen LogP contribution in [0.4, 0.5) is 0 Å². The fraction of sp³-hybridized carbons (Fsp3) is 0.417. The van der Waals surface area contributed by atoms with Crippen molar-refractivity contribution in [3.63, 3.8) is 0 Å². The van der Waals surface area contributed by atoms with Crippen LogP contribution in [0.3, 0.4) is 0 Å². The number of aliphatic hydroxyl groups is 1. The van der Waals surface area contributed by atoms with Gasteiger partial charge in [0.2, 0.25) is 0 Å². The third-order valence-electron chi connectivity index (χ3n) is 2.41. The van der Waals surface area contributed by atoms with Gasteiger partial charge in [0, 0.05) is 24.8 Å². The first-order valence-electron chi connectivity index (χ1n) is 5.45. The summed E-state index contributed by atoms with van der Waals surface area (Å²) < 4.78 is 0. The van der Waals surface area contributed by atoms with E-state index in [-0.39, 0.29) is 24.4 Å². The summed E-state index contributed by atoms with van der Waals surface area (Å²) in [5.74, 6) is -1.76. The van der Waals surface area contributed by atoms with Gasteiger partial charge in [0.1, 0.15) is 5.69 Å². The van der Waals surface area contributed by atoms with Crippen LogP contribution in [0.15, 0.2) is 18.3 Å². The number of aromatic nitrogens is 1. The molecule has 0 atom stereocenters. The molecule has 0 aromatic carbocycles. The number of aromatic carboxylic acids is 1. The molecule has 0 radical (unpaired) electrons. The minimum atomic E-state index is -1.20. The van der Waals surface area contributed by atoms with Crippen molar-refractivity contribution in [3.8, 4) is 0 Å². The molecule has 1 rings (SSSR count). The summed E-state index contributed by atoms with van der Waals surface area (Å²) in [6, 6.07) is 2.78. The van der Waals surface area contributed by atoms with Crippen LogP contribution in [0.1, 0.15) is 34.7 Å². The Balaban J connectivity index is 2.82. The minimum absolute atomic E-state index is 0.0821. The maximum atomic E-state index is 11.8. The van der Waals surface area contributed by atoms with Gasteiger partial charge in [-0.05, 0) is 12.1 Å². The first kappa shape index (κ1) is 14.1. The zero-order valence-corrected chi connectivity index (χ0v) is 10.3. The van der Waals surface area contributed by atoms with Crippen LogP contribution < -0.4 is 5.32 Å². The zero-order valence-electron chi connectivity index (χ0n) is 10.3. The number of carbonyl (C=O) groups is 2. The lowest BCUT2D eigenvalue weighted by Crippen LogP contribution is -2.37. The Hall–Kier alpha value is -1.95. The maximum Gasteiger partial charge on any atom is 0.338 e. The van der Waals surface area contributed by atoms with Gasteiger partial charge in [-0.2, -0.15) is 0 Å². The highest BCUT2D eigenvalue weighted by Gasteiger charge is 2.21. The van der Waals surface area contributed by atoms with E-state index in [9.17, 15) is 9.59 Å². The number of aliphatic hydroxyl groups excluding tert-OH is 1. The second-order valence-corrected chi connectivity index (χ2v) is 4.71. The first-order chi connectivity index (χ1) is 8.37. The molecule has 0 bridgehead atoms. The molecule has 3 N–H and O–H groups in total. The van der Waals surface area contributed by atoms with Gasteiger partial charge in [-0.25, -0.2) is 4.79 Å². The Labute approximate surface area is 105 Å². The lowest BCUT2D eigenvalue weighted by atomic mass is 9.95. The number of carboxylic acids is 1. The zero-order chi connectivity index (χ0) is 13.8. The Morgan fingerprint density at radius 1 is 1.44 bits per heavy atom. The summed E-state index contributed by atoms with van der Waals surface area (Å²) in [6.45, 7) is 3.72. The topological polar surface area (TPSA) is 99.5 Å². The molecule has 0 saturated heterocycles. The molecule has 0 spiro atoms. The predicted octanol–water partition coefficient (Wildman–Crippen LogP) is 0.528. The molecule has 0 saturated carbocycles. The molecule has 1 heterocycles. The van der Waals surface area contributed by atoms with Gasteiger partial charge in [0.05, 0.1) is 5.56 Å². The van der Waals surface area contributed by atoms with Crippen LogP contribution in [-0.4, -0.2) is 40.2 Å². The molecule has 0 aliphatic rings. The van der Waals surface area contributed by atoms with Gasteiger partial charge in [-0.1, -0.05) is 13.8 Å². The summed E-state index contributed by atoms with van der Waals surface area (Å²) in [5, 5.41) is 20.5. The minimum Gasteiger partial charge on any atom is -0.478 e. The molecule has 6 heteroatoms. The number of amides is 1. The van der Waals surface area contributed by atoms with E-state index >= 15 is 0 Å². The second-order valence-electron chi connectivity index (χ2n) is 4.71. The molecule has 0 fully saturated rings. The van der Waals surface area contributed by atoms with Gasteiger partial charge in [0.15, 0.2) is 0 Å². The van der Waals surface area contributed by atoms with Gasteiger partial charge in [-0.15, -0.1) is 0 Å². The van der Waals surface area contributed by atoms with Crippen molar-refractivity contribution in [3.05, 3.63) is 29.6 Å². The van der Waals surface area contributed by atoms with E-state index in [0.29, 0.717) is 0 Å². The quantitative estimate of drug-likeness (QED) is 0.709. The van der Waals surface area contributed by atoms with Crippen LogP contribution in [0, 0.1) is 5.41 Å². The molecule has 1 amide bonds. The molecule has 6 nitrogen and oxygen atoms in total. The summed E-state index contributed by atoms with van der Waals surface area (Å²) in [6.07, 6.45) is 1.36. The number of pyridine rings is 1. The monoisotopic (exact) mass is 252 g/mol. The molecule has 1 aromatic rings. The average molecular weight is 252 g/mol. The normalized spacial score (nSPS) is 11.1. The summed E-state index contributed by atoms with van der Waals surface area (Å²) in [5.41, 5.74) is -0.732. The van der Waals surface area contributed by atoms with E-state index in [2.05, 4.69) is 10.3 Å². The number of nitrogens with zero attached hydrogens (tertiary/aromatic N) is 1. The van der Waals surface area contributed by atoms with Crippen molar-refractivity contribution in [1.29, 1.82) is 0 Å². The number of nitrogens with one attached hydrogen (secondary N) is 1. The van der Waals surface area contributed by atoms with E-state index in [1.807, 2.05) is 0 Å². The van der Waals surface area contributed by atoms with Crippen molar-refractivity contribution < 1.29 is 19.8 Å². The van der Waals surface area contributed by atoms with Gasteiger partial charge < -0.3 is 15.5 Å². The van der Waals surface area contributed by atoms with E-state index < -0.39 is 17.3 Å². The largest absolute Gasteiger partial charge is 0.478 e.